The van der Waals surface area contributed by atoms with Crippen LogP contribution in [0.3, 0.4) is 0 Å². The van der Waals surface area contributed by atoms with Crippen LogP contribution in [0.1, 0.15) is 24.8 Å². The number of methoxy groups -OCH3 is 1. The molecule has 2 heterocycles. The number of allylic oxidation sites excluding steroid dienone is 1. The minimum Gasteiger partial charge on any atom is -0.466 e. The standard InChI is InChI=1S/C25H30N2O7/c1-31-22(28)18-14-33-25(34-23(29)19(26)12-15-6-3-2-4-7-15)21-16(9-10-17(18)21)13-32-24(30)20-8-5-11-27-20/h2-4,6-7,9,14,17,19-21,25,27H,5,8,10-13,26H2,1H3/t17-,19+,20?,21-,25+/m1/s1. The first-order valence-electron chi connectivity index (χ1n) is 11.5. The molecule has 9 nitrogen and oxygen atoms in total. The van der Waals surface area contributed by atoms with Crippen LogP contribution in [0.4, 0.5) is 0 Å². The third-order valence-corrected chi connectivity index (χ3v) is 6.50. The van der Waals surface area contributed by atoms with Gasteiger partial charge >= 0.3 is 17.9 Å². The highest BCUT2D eigenvalue weighted by atomic mass is 16.7. The molecule has 0 bridgehead atoms. The normalized spacial score (nSPS) is 26.4. The van der Waals surface area contributed by atoms with Gasteiger partial charge in [-0.2, -0.15) is 0 Å². The Morgan fingerprint density at radius 1 is 1.24 bits per heavy atom. The summed E-state index contributed by atoms with van der Waals surface area (Å²) in [4.78, 5) is 37.4. The lowest BCUT2D eigenvalue weighted by Crippen LogP contribution is -2.43. The fraction of sp³-hybridized carbons (Fsp3) is 0.480. The Morgan fingerprint density at radius 3 is 2.74 bits per heavy atom. The molecule has 0 radical (unpaired) electrons. The molecule has 1 aromatic carbocycles. The summed E-state index contributed by atoms with van der Waals surface area (Å²) in [6.07, 6.45) is 4.69. The summed E-state index contributed by atoms with van der Waals surface area (Å²) < 4.78 is 21.8. The van der Waals surface area contributed by atoms with Gasteiger partial charge in [0.05, 0.1) is 24.9 Å². The molecule has 1 aromatic rings. The molecule has 0 spiro atoms. The Hall–Kier alpha value is -3.17. The number of fused-ring (bicyclic) bond motifs is 1. The van der Waals surface area contributed by atoms with Crippen molar-refractivity contribution in [1.82, 2.24) is 5.32 Å². The number of rotatable bonds is 8. The van der Waals surface area contributed by atoms with E-state index in [1.807, 2.05) is 36.4 Å². The van der Waals surface area contributed by atoms with Gasteiger partial charge in [-0.1, -0.05) is 36.4 Å². The lowest BCUT2D eigenvalue weighted by Gasteiger charge is -2.34. The zero-order valence-corrected chi connectivity index (χ0v) is 19.1. The topological polar surface area (TPSA) is 126 Å². The third kappa shape index (κ3) is 5.31. The van der Waals surface area contributed by atoms with Crippen molar-refractivity contribution in [3.63, 3.8) is 0 Å². The minimum atomic E-state index is -0.996. The molecule has 5 atom stereocenters. The van der Waals surface area contributed by atoms with E-state index in [4.69, 9.17) is 24.7 Å². The van der Waals surface area contributed by atoms with Gasteiger partial charge in [0.2, 0.25) is 0 Å². The molecule has 3 aliphatic rings. The molecule has 2 aliphatic heterocycles. The molecule has 1 aliphatic carbocycles. The van der Waals surface area contributed by atoms with E-state index in [0.29, 0.717) is 18.4 Å². The highest BCUT2D eigenvalue weighted by molar-refractivity contribution is 5.89. The van der Waals surface area contributed by atoms with E-state index in [0.717, 1.165) is 30.5 Å². The fourth-order valence-corrected chi connectivity index (χ4v) is 4.68. The summed E-state index contributed by atoms with van der Waals surface area (Å²) >= 11 is 0. The molecule has 1 unspecified atom stereocenters. The minimum absolute atomic E-state index is 0.0279. The molecule has 1 fully saturated rings. The molecule has 34 heavy (non-hydrogen) atoms. The summed E-state index contributed by atoms with van der Waals surface area (Å²) in [5, 5.41) is 3.11. The van der Waals surface area contributed by atoms with E-state index >= 15 is 0 Å². The van der Waals surface area contributed by atoms with Crippen molar-refractivity contribution in [3.8, 4) is 0 Å². The smallest absolute Gasteiger partial charge is 0.337 e. The first kappa shape index (κ1) is 24.0. The molecule has 4 rings (SSSR count). The van der Waals surface area contributed by atoms with Crippen LogP contribution in [0.15, 0.2) is 53.8 Å². The first-order chi connectivity index (χ1) is 16.5. The van der Waals surface area contributed by atoms with Gasteiger partial charge in [0.25, 0.3) is 6.29 Å². The van der Waals surface area contributed by atoms with Crippen molar-refractivity contribution in [1.29, 1.82) is 0 Å². The van der Waals surface area contributed by atoms with E-state index in [-0.39, 0.29) is 24.5 Å². The summed E-state index contributed by atoms with van der Waals surface area (Å²) in [6.45, 7) is 0.815. The van der Waals surface area contributed by atoms with Gasteiger partial charge in [-0.25, -0.2) is 4.79 Å². The van der Waals surface area contributed by atoms with Gasteiger partial charge < -0.3 is 30.0 Å². The van der Waals surface area contributed by atoms with Crippen molar-refractivity contribution < 1.29 is 33.3 Å². The van der Waals surface area contributed by atoms with Crippen LogP contribution in [0.5, 0.6) is 0 Å². The molecule has 1 saturated heterocycles. The Bertz CT molecular complexity index is 969. The van der Waals surface area contributed by atoms with Gasteiger partial charge in [0.1, 0.15) is 18.7 Å². The van der Waals surface area contributed by atoms with Crippen LogP contribution in [-0.2, 0) is 39.8 Å². The number of carbonyl (C=O) groups is 3. The predicted molar refractivity (Wildman–Crippen MR) is 121 cm³/mol. The van der Waals surface area contributed by atoms with Gasteiger partial charge in [0, 0.05) is 5.92 Å². The molecule has 0 aromatic heterocycles. The van der Waals surface area contributed by atoms with E-state index in [2.05, 4.69) is 5.32 Å². The first-order valence-corrected chi connectivity index (χ1v) is 11.5. The van der Waals surface area contributed by atoms with Crippen molar-refractivity contribution in [2.75, 3.05) is 20.3 Å². The second-order valence-corrected chi connectivity index (χ2v) is 8.71. The van der Waals surface area contributed by atoms with E-state index in [9.17, 15) is 14.4 Å². The largest absolute Gasteiger partial charge is 0.466 e. The average molecular weight is 471 g/mol. The number of nitrogens with one attached hydrogen (secondary N) is 1. The van der Waals surface area contributed by atoms with Gasteiger partial charge in [-0.15, -0.1) is 0 Å². The van der Waals surface area contributed by atoms with Crippen LogP contribution >= 0.6 is 0 Å². The van der Waals surface area contributed by atoms with Crippen LogP contribution < -0.4 is 11.1 Å². The molecule has 9 heteroatoms. The van der Waals surface area contributed by atoms with Crippen molar-refractivity contribution in [2.45, 2.75) is 44.1 Å². The highest BCUT2D eigenvalue weighted by Crippen LogP contribution is 2.44. The van der Waals surface area contributed by atoms with Gasteiger partial charge in [-0.3, -0.25) is 9.59 Å². The van der Waals surface area contributed by atoms with Crippen molar-refractivity contribution in [3.05, 3.63) is 59.4 Å². The lowest BCUT2D eigenvalue weighted by molar-refractivity contribution is -0.184. The third-order valence-electron chi connectivity index (χ3n) is 6.50. The maximum Gasteiger partial charge on any atom is 0.337 e. The van der Waals surface area contributed by atoms with Crippen LogP contribution in [0.25, 0.3) is 0 Å². The highest BCUT2D eigenvalue weighted by Gasteiger charge is 2.46. The Kier molecular flexibility index (Phi) is 7.64. The van der Waals surface area contributed by atoms with Gasteiger partial charge in [0.15, 0.2) is 0 Å². The second kappa shape index (κ2) is 10.8. The maximum atomic E-state index is 12.8. The SMILES string of the molecule is COC(=O)C1=CO[C@@H](OC(=O)[C@@H](N)Cc2ccccc2)[C@@H]2C(COC(=O)C3CCCN3)=CC[C@H]12. The number of nitrogens with two attached hydrogens (primary N) is 1. The molecular formula is C25H30N2O7. The van der Waals surface area contributed by atoms with Crippen molar-refractivity contribution in [2.24, 2.45) is 17.6 Å². The summed E-state index contributed by atoms with van der Waals surface area (Å²) in [7, 11) is 1.30. The molecule has 0 saturated carbocycles. The fourth-order valence-electron chi connectivity index (χ4n) is 4.68. The van der Waals surface area contributed by atoms with Gasteiger partial charge in [-0.05, 0) is 43.4 Å². The summed E-state index contributed by atoms with van der Waals surface area (Å²) in [6, 6.07) is 8.22. The maximum absolute atomic E-state index is 12.8. The number of esters is 3. The number of benzene rings is 1. The summed E-state index contributed by atoms with van der Waals surface area (Å²) in [5.74, 6) is -2.25. The number of ether oxygens (including phenoxy) is 4. The van der Waals surface area contributed by atoms with Crippen LogP contribution in [0, 0.1) is 11.8 Å². The second-order valence-electron chi connectivity index (χ2n) is 8.71. The Morgan fingerprint density at radius 2 is 2.03 bits per heavy atom. The lowest BCUT2D eigenvalue weighted by atomic mass is 9.83. The number of hydrogen-bond acceptors (Lipinski definition) is 9. The average Bonchev–Trinajstić information content (AvgIpc) is 3.54. The van der Waals surface area contributed by atoms with Crippen LogP contribution in [-0.4, -0.2) is 56.5 Å². The molecule has 182 valence electrons. The van der Waals surface area contributed by atoms with Crippen molar-refractivity contribution >= 4 is 17.9 Å². The molecule has 3 N–H and O–H groups in total. The Labute approximate surface area is 198 Å². The van der Waals surface area contributed by atoms with E-state index < -0.39 is 30.2 Å². The molecular weight excluding hydrogens is 440 g/mol. The number of carbonyl (C=O) groups excluding carboxylic acids is 3. The predicted octanol–water partition coefficient (Wildman–Crippen LogP) is 1.37. The number of hydrogen-bond donors (Lipinski definition) is 2. The zero-order chi connectivity index (χ0) is 24.1. The zero-order valence-electron chi connectivity index (χ0n) is 19.1. The van der Waals surface area contributed by atoms with E-state index in [1.54, 1.807) is 0 Å². The van der Waals surface area contributed by atoms with Crippen LogP contribution in [0.2, 0.25) is 0 Å². The molecule has 0 amide bonds. The summed E-state index contributed by atoms with van der Waals surface area (Å²) in [5.41, 5.74) is 8.09. The Balaban J connectivity index is 1.45. The monoisotopic (exact) mass is 470 g/mol. The van der Waals surface area contributed by atoms with E-state index in [1.165, 1.54) is 13.4 Å². The quantitative estimate of drug-likeness (QED) is 0.329.